The Labute approximate surface area is 139 Å². The number of ether oxygens (including phenoxy) is 1. The van der Waals surface area contributed by atoms with Gasteiger partial charge in [-0.2, -0.15) is 18.5 Å². The van der Waals surface area contributed by atoms with E-state index in [1.54, 1.807) is 0 Å². The molecule has 1 aromatic heterocycles. The number of carbonyl (C=O) groups is 1. The zero-order valence-corrected chi connectivity index (χ0v) is 12.7. The molecule has 0 saturated heterocycles. The van der Waals surface area contributed by atoms with Crippen molar-refractivity contribution in [1.29, 1.82) is 0 Å². The lowest BCUT2D eigenvalue weighted by atomic mass is 10.2. The van der Waals surface area contributed by atoms with E-state index < -0.39 is 24.6 Å². The number of halogens is 4. The first-order valence-electron chi connectivity index (χ1n) is 7.12. The number of pyridine rings is 1. The average Bonchev–Trinajstić information content (AvgIpc) is 2.50. The molecule has 6 nitrogen and oxygen atoms in total. The van der Waals surface area contributed by atoms with E-state index in [1.165, 1.54) is 24.4 Å². The van der Waals surface area contributed by atoms with Gasteiger partial charge >= 0.3 is 12.2 Å². The Morgan fingerprint density at radius 2 is 2.04 bits per heavy atom. The Morgan fingerprint density at radius 3 is 2.72 bits per heavy atom. The van der Waals surface area contributed by atoms with Gasteiger partial charge in [0.15, 0.2) is 11.6 Å². The number of rotatable bonds is 3. The maximum Gasteiger partial charge on any atom is 0.409 e. The summed E-state index contributed by atoms with van der Waals surface area (Å²) in [7, 11) is 0. The molecule has 0 fully saturated rings. The number of urea groups is 1. The Morgan fingerprint density at radius 1 is 1.28 bits per heavy atom. The van der Waals surface area contributed by atoms with Gasteiger partial charge < -0.3 is 10.5 Å². The molecule has 0 atom stereocenters. The second-order valence-electron chi connectivity index (χ2n) is 5.39. The molecule has 25 heavy (non-hydrogen) atoms. The molecular formula is C15H13F4N4O2+. The number of nitrogen functional groups attached to an aromatic ring is 1. The monoisotopic (exact) mass is 357 g/mol. The van der Waals surface area contributed by atoms with Gasteiger partial charge in [0.25, 0.3) is 5.82 Å². The molecule has 1 aliphatic heterocycles. The Kier molecular flexibility index (Phi) is 4.11. The van der Waals surface area contributed by atoms with Gasteiger partial charge in [-0.05, 0) is 12.1 Å². The van der Waals surface area contributed by atoms with E-state index in [4.69, 9.17) is 10.5 Å². The molecule has 0 aliphatic carbocycles. The molecule has 0 radical (unpaired) electrons. The summed E-state index contributed by atoms with van der Waals surface area (Å²) in [5, 5.41) is 2.32. The zero-order chi connectivity index (χ0) is 18.2. The summed E-state index contributed by atoms with van der Waals surface area (Å²) in [6.07, 6.45) is -3.12. The van der Waals surface area contributed by atoms with Crippen molar-refractivity contribution >= 4 is 17.5 Å². The summed E-state index contributed by atoms with van der Waals surface area (Å²) in [6, 6.07) is 4.34. The Balaban J connectivity index is 1.91. The van der Waals surface area contributed by atoms with Crippen LogP contribution < -0.4 is 20.8 Å². The van der Waals surface area contributed by atoms with Crippen LogP contribution in [0.2, 0.25) is 0 Å². The van der Waals surface area contributed by atoms with Crippen molar-refractivity contribution < 1.29 is 32.1 Å². The van der Waals surface area contributed by atoms with Crippen molar-refractivity contribution in [3.63, 3.8) is 0 Å². The molecule has 0 bridgehead atoms. The van der Waals surface area contributed by atoms with Gasteiger partial charge in [-0.3, -0.25) is 4.90 Å². The van der Waals surface area contributed by atoms with Crippen LogP contribution in [0.15, 0.2) is 30.5 Å². The van der Waals surface area contributed by atoms with Gasteiger partial charge in [0.1, 0.15) is 17.9 Å². The van der Waals surface area contributed by atoms with Crippen LogP contribution in [0, 0.1) is 5.82 Å². The number of nitrogens with one attached hydrogen (secondary N) is 2. The van der Waals surface area contributed by atoms with Crippen molar-refractivity contribution in [3.8, 4) is 11.5 Å². The number of amides is 2. The minimum Gasteiger partial charge on any atom is -0.453 e. The smallest absolute Gasteiger partial charge is 0.409 e. The fourth-order valence-corrected chi connectivity index (χ4v) is 2.39. The number of aromatic amines is 1. The van der Waals surface area contributed by atoms with Crippen molar-refractivity contribution in [3.05, 3.63) is 41.8 Å². The second kappa shape index (κ2) is 6.11. The first kappa shape index (κ1) is 16.8. The molecule has 2 aromatic rings. The number of hydrogen-bond donors (Lipinski definition) is 2. The number of hydrogen-bond acceptors (Lipinski definition) is 3. The number of anilines is 2. The minimum atomic E-state index is -4.54. The van der Waals surface area contributed by atoms with Crippen LogP contribution in [0.1, 0.15) is 5.56 Å². The van der Waals surface area contributed by atoms with Gasteiger partial charge in [0.05, 0.1) is 12.7 Å². The van der Waals surface area contributed by atoms with Crippen molar-refractivity contribution in [2.24, 2.45) is 0 Å². The number of nitrogens with two attached hydrogens (primary N) is 1. The predicted octanol–water partition coefficient (Wildman–Crippen LogP) is 2.92. The number of aromatic nitrogens is 1. The number of carbonyl (C=O) groups excluding carboxylic acids is 1. The van der Waals surface area contributed by atoms with E-state index in [-0.39, 0.29) is 35.1 Å². The molecule has 132 valence electrons. The number of alkyl halides is 3. The fraction of sp³-hybridized carbons (Fsp3) is 0.200. The third-order valence-electron chi connectivity index (χ3n) is 3.48. The Bertz CT molecular complexity index is 826. The van der Waals surface area contributed by atoms with Crippen LogP contribution in [0.4, 0.5) is 33.9 Å². The lowest BCUT2D eigenvalue weighted by molar-refractivity contribution is -0.362. The molecule has 10 heteroatoms. The average molecular weight is 357 g/mol. The highest BCUT2D eigenvalue weighted by Crippen LogP contribution is 2.33. The van der Waals surface area contributed by atoms with E-state index in [0.29, 0.717) is 4.90 Å². The Hall–Kier alpha value is -3.04. The molecular weight excluding hydrogens is 344 g/mol. The van der Waals surface area contributed by atoms with Gasteiger partial charge in [-0.15, -0.1) is 0 Å². The molecule has 1 aliphatic rings. The lowest BCUT2D eigenvalue weighted by Gasteiger charge is -2.26. The minimum absolute atomic E-state index is 0.115. The van der Waals surface area contributed by atoms with E-state index >= 15 is 0 Å². The van der Waals surface area contributed by atoms with E-state index in [0.717, 1.165) is 6.07 Å². The SMILES string of the molecule is Nc1ccc(Oc2cc[nH+]c3c2CN(CC(F)(F)F)C(=O)N3)c(F)c1. The fourth-order valence-electron chi connectivity index (χ4n) is 2.39. The van der Waals surface area contributed by atoms with E-state index in [1.807, 2.05) is 0 Å². The quantitative estimate of drug-likeness (QED) is 0.655. The maximum atomic E-state index is 13.9. The van der Waals surface area contributed by atoms with Gasteiger partial charge in [-0.1, -0.05) is 0 Å². The summed E-state index contributed by atoms with van der Waals surface area (Å²) in [5.74, 6) is -0.545. The van der Waals surface area contributed by atoms with Crippen molar-refractivity contribution in [1.82, 2.24) is 4.90 Å². The number of fused-ring (bicyclic) bond motifs is 1. The van der Waals surface area contributed by atoms with Gasteiger partial charge in [0, 0.05) is 17.8 Å². The molecule has 2 heterocycles. The third-order valence-corrected chi connectivity index (χ3v) is 3.48. The summed E-state index contributed by atoms with van der Waals surface area (Å²) in [4.78, 5) is 15.1. The van der Waals surface area contributed by atoms with E-state index in [2.05, 4.69) is 10.3 Å². The molecule has 0 unspecified atom stereocenters. The van der Waals surface area contributed by atoms with Crippen LogP contribution >= 0.6 is 0 Å². The zero-order valence-electron chi connectivity index (χ0n) is 12.7. The first-order valence-corrected chi connectivity index (χ1v) is 7.12. The molecule has 4 N–H and O–H groups in total. The molecule has 0 saturated carbocycles. The van der Waals surface area contributed by atoms with Crippen LogP contribution in [0.3, 0.4) is 0 Å². The first-order chi connectivity index (χ1) is 11.7. The van der Waals surface area contributed by atoms with Crippen LogP contribution in [-0.4, -0.2) is 23.7 Å². The number of H-pyrrole nitrogens is 1. The van der Waals surface area contributed by atoms with Crippen LogP contribution in [0.25, 0.3) is 0 Å². The number of nitrogens with zero attached hydrogens (tertiary/aromatic N) is 1. The summed E-state index contributed by atoms with van der Waals surface area (Å²) in [5.41, 5.74) is 5.93. The lowest BCUT2D eigenvalue weighted by Crippen LogP contribution is -2.45. The van der Waals surface area contributed by atoms with E-state index in [9.17, 15) is 22.4 Å². The largest absolute Gasteiger partial charge is 0.453 e. The summed E-state index contributed by atoms with van der Waals surface area (Å²) < 4.78 is 57.2. The standard InChI is InChI=1S/C15H12F4N4O2/c16-10-5-8(20)1-2-12(10)25-11-3-4-21-13-9(11)6-23(14(24)22-13)7-15(17,18)19/h1-5H,6-7,20H2,(H,21,22,24)/p+1. The second-order valence-corrected chi connectivity index (χ2v) is 5.39. The van der Waals surface area contributed by atoms with Crippen molar-refractivity contribution in [2.75, 3.05) is 17.6 Å². The molecule has 1 aromatic carbocycles. The highest BCUT2D eigenvalue weighted by molar-refractivity contribution is 5.90. The summed E-state index contributed by atoms with van der Waals surface area (Å²) in [6.45, 7) is -1.76. The third kappa shape index (κ3) is 3.73. The maximum absolute atomic E-state index is 13.9. The van der Waals surface area contributed by atoms with Gasteiger partial charge in [0.2, 0.25) is 0 Å². The van der Waals surface area contributed by atoms with Gasteiger partial charge in [-0.25, -0.2) is 14.2 Å². The summed E-state index contributed by atoms with van der Waals surface area (Å²) >= 11 is 0. The molecule has 0 spiro atoms. The molecule has 2 amide bonds. The highest BCUT2D eigenvalue weighted by Gasteiger charge is 2.39. The molecule has 3 rings (SSSR count). The predicted molar refractivity (Wildman–Crippen MR) is 79.4 cm³/mol. The number of benzene rings is 1. The topological polar surface area (TPSA) is 81.7 Å². The van der Waals surface area contributed by atoms with Crippen LogP contribution in [-0.2, 0) is 6.54 Å². The normalized spacial score (nSPS) is 14.1. The van der Waals surface area contributed by atoms with Crippen LogP contribution in [0.5, 0.6) is 11.5 Å². The highest BCUT2D eigenvalue weighted by atomic mass is 19.4. The van der Waals surface area contributed by atoms with Crippen molar-refractivity contribution in [2.45, 2.75) is 12.7 Å².